The van der Waals surface area contributed by atoms with Crippen LogP contribution in [0.15, 0.2) is 156 Å². The van der Waals surface area contributed by atoms with E-state index in [2.05, 4.69) is 9.97 Å². The zero-order valence-electron chi connectivity index (χ0n) is 29.2. The molecule has 0 unspecified atom stereocenters. The van der Waals surface area contributed by atoms with E-state index in [4.69, 9.17) is 0 Å². The van der Waals surface area contributed by atoms with Gasteiger partial charge in [0.1, 0.15) is 23.0 Å². The van der Waals surface area contributed by atoms with Gasteiger partial charge < -0.3 is 20.4 Å². The summed E-state index contributed by atoms with van der Waals surface area (Å²) >= 11 is 1.24. The molecule has 0 spiro atoms. The molecule has 0 amide bonds. The van der Waals surface area contributed by atoms with Crippen LogP contribution in [0.5, 0.6) is 23.0 Å². The molecule has 3 heterocycles. The van der Waals surface area contributed by atoms with Gasteiger partial charge in [0.15, 0.2) is 0 Å². The lowest BCUT2D eigenvalue weighted by molar-refractivity contribution is 0.442. The average molecular weight is 973 g/mol. The Morgan fingerprint density at radius 1 is 0.333 bits per heavy atom. The number of aromatic hydroxyl groups is 4. The van der Waals surface area contributed by atoms with Crippen molar-refractivity contribution in [1.82, 2.24) is 9.97 Å². The van der Waals surface area contributed by atoms with Crippen molar-refractivity contribution in [3.05, 3.63) is 97.6 Å². The fraction of sp³-hybridized carbons (Fsp3) is 0. The van der Waals surface area contributed by atoms with Crippen LogP contribution in [0.2, 0.25) is 0 Å². The van der Waals surface area contributed by atoms with E-state index in [9.17, 15) is 72.3 Å². The number of fused-ring (bicyclic) bond motifs is 8. The van der Waals surface area contributed by atoms with Crippen LogP contribution in [0.3, 0.4) is 0 Å². The summed E-state index contributed by atoms with van der Waals surface area (Å²) in [5, 5.41) is 44.6. The van der Waals surface area contributed by atoms with Crippen LogP contribution in [0, 0.1) is 0 Å². The molecular weight excluding hydrogens is 949 g/mol. The third-order valence-electron chi connectivity index (χ3n) is 7.82. The van der Waals surface area contributed by atoms with Gasteiger partial charge in [-0.05, 0) is 83.9 Å². The molecule has 8 N–H and O–H groups in total. The summed E-state index contributed by atoms with van der Waals surface area (Å²) in [7, 11) is -20.2. The van der Waals surface area contributed by atoms with E-state index in [1.54, 1.807) is 24.8 Å². The Hall–Kier alpha value is -4.58. The number of phenolic OH excluding ortho intramolecular Hbond substituents is 4. The second-order valence-corrected chi connectivity index (χ2v) is 21.9. The van der Waals surface area contributed by atoms with Crippen LogP contribution in [0.4, 0.5) is 0 Å². The summed E-state index contributed by atoms with van der Waals surface area (Å²) in [6, 6.07) is 13.7. The number of hydrogen-bond donors (Lipinski definition) is 8. The molecule has 0 atom stereocenters. The highest BCUT2D eigenvalue weighted by molar-refractivity contribution is 8.01. The first kappa shape index (κ1) is 45.0. The summed E-state index contributed by atoms with van der Waals surface area (Å²) in [6.45, 7) is 0. The summed E-state index contributed by atoms with van der Waals surface area (Å²) in [4.78, 5) is 0.681. The zero-order chi connectivity index (χ0) is 43.9. The van der Waals surface area contributed by atoms with E-state index in [1.807, 2.05) is 24.3 Å². The first-order valence-corrected chi connectivity index (χ1v) is 24.8. The van der Waals surface area contributed by atoms with Crippen molar-refractivity contribution in [3.63, 3.8) is 0 Å². The van der Waals surface area contributed by atoms with Gasteiger partial charge in [-0.15, -0.1) is 0 Å². The molecule has 6 aromatic rings. The fourth-order valence-corrected chi connectivity index (χ4v) is 12.1. The van der Waals surface area contributed by atoms with E-state index in [0.717, 1.165) is 48.5 Å². The summed E-state index contributed by atoms with van der Waals surface area (Å²) in [5.74, 6) is -3.16. The number of benzene rings is 4. The van der Waals surface area contributed by atoms with E-state index in [0.29, 0.717) is 47.0 Å². The smallest absolute Gasteiger partial charge is 0.294 e. The maximum Gasteiger partial charge on any atom is 0.294 e. The number of rotatable bonds is 5. The quantitative estimate of drug-likeness (QED) is 0.0847. The van der Waals surface area contributed by atoms with Crippen molar-refractivity contribution >= 4 is 87.5 Å². The van der Waals surface area contributed by atoms with Crippen LogP contribution in [-0.2, 0) is 40.5 Å². The number of nitrogens with zero attached hydrogens (tertiary/aromatic N) is 2. The van der Waals surface area contributed by atoms with Crippen molar-refractivity contribution in [2.45, 2.75) is 58.7 Å². The van der Waals surface area contributed by atoms with Gasteiger partial charge in [0.2, 0.25) is 0 Å². The molecule has 26 heteroatoms. The van der Waals surface area contributed by atoms with Gasteiger partial charge in [-0.25, -0.2) is 0 Å². The summed E-state index contributed by atoms with van der Waals surface area (Å²) in [6.07, 6.45) is 7.15. The van der Waals surface area contributed by atoms with Gasteiger partial charge in [0.05, 0.1) is 58.7 Å². The number of pyridine rings is 2. The highest BCUT2D eigenvalue weighted by Gasteiger charge is 2.28. The molecule has 8 bridgehead atoms. The molecule has 60 heavy (non-hydrogen) atoms. The van der Waals surface area contributed by atoms with Gasteiger partial charge in [0, 0.05) is 24.8 Å². The van der Waals surface area contributed by atoms with Crippen LogP contribution >= 0.6 is 47.0 Å². The fourth-order valence-electron chi connectivity index (χ4n) is 5.01. The Kier molecular flexibility index (Phi) is 12.8. The molecule has 18 nitrogen and oxygen atoms in total. The Morgan fingerprint density at radius 3 is 0.650 bits per heavy atom. The predicted octanol–water partition coefficient (Wildman–Crippen LogP) is 6.56. The summed E-state index contributed by atoms with van der Waals surface area (Å²) < 4.78 is 137. The van der Waals surface area contributed by atoms with Crippen molar-refractivity contribution in [3.8, 4) is 34.1 Å². The van der Waals surface area contributed by atoms with E-state index in [-0.39, 0.29) is 0 Å². The molecular formula is C34H24N2O16S8. The standard InChI is InChI=1S/C24H16O16S8.C10H8N2/c25-21-13-1-9(45(29,30)31)2-14(21)42-17-5-11(47(35,36)37)6-18(23(17)27)44-20-8-12(48(38,39)40)7-19(24(20)28)43-16-4-10(46(32,33)34)3-15(41-13)22(16)26;1-5-11-6-2-9(1)10-3-7-12-8-4-10/h1-8,25-28H,(H,29,30,31)(H,32,33,34)(H,35,36,37)(H,38,39,40);1-8H. The van der Waals surface area contributed by atoms with E-state index < -0.39 is 122 Å². The third-order valence-corrected chi connectivity index (χ3v) is 15.4. The first-order chi connectivity index (χ1) is 27.9. The molecule has 4 aromatic carbocycles. The predicted molar refractivity (Wildman–Crippen MR) is 216 cm³/mol. The number of hydrogen-bond acceptors (Lipinski definition) is 18. The Balaban J connectivity index is 0.000000428. The monoisotopic (exact) mass is 972 g/mol. The van der Waals surface area contributed by atoms with Crippen molar-refractivity contribution in [2.75, 3.05) is 0 Å². The first-order valence-electron chi connectivity index (χ1n) is 15.8. The number of phenols is 4. The molecule has 0 radical (unpaired) electrons. The highest BCUT2D eigenvalue weighted by atomic mass is 32.2. The van der Waals surface area contributed by atoms with Crippen LogP contribution in [0.1, 0.15) is 0 Å². The molecule has 0 saturated carbocycles. The van der Waals surface area contributed by atoms with Gasteiger partial charge in [-0.3, -0.25) is 28.2 Å². The second-order valence-electron chi connectivity index (χ2n) is 11.9. The van der Waals surface area contributed by atoms with Gasteiger partial charge >= 0.3 is 0 Å². The molecule has 0 aliphatic carbocycles. The average Bonchev–Trinajstić information content (AvgIpc) is 3.16. The highest BCUT2D eigenvalue weighted by Crippen LogP contribution is 2.54. The SMILES string of the molecule is O=S(=O)(O)c1cc2c(O)c(c1)Sc1cc(S(=O)(=O)O)cc(c1O)Sc1cc(S(=O)(=O)O)cc(c1O)Sc1cc(S(=O)(=O)O)cc(c1O)S2.c1cc(-c2ccncc2)ccn1. The van der Waals surface area contributed by atoms with Gasteiger partial charge in [-0.2, -0.15) is 33.7 Å². The Labute approximate surface area is 357 Å². The van der Waals surface area contributed by atoms with Gasteiger partial charge in [-0.1, -0.05) is 47.0 Å². The molecule has 2 aromatic heterocycles. The minimum absolute atomic E-state index is 0.310. The van der Waals surface area contributed by atoms with Crippen LogP contribution in [0.25, 0.3) is 11.1 Å². The van der Waals surface area contributed by atoms with E-state index >= 15 is 0 Å². The Bertz CT molecular complexity index is 2660. The largest absolute Gasteiger partial charge is 0.506 e. The zero-order valence-corrected chi connectivity index (χ0v) is 35.8. The minimum Gasteiger partial charge on any atom is -0.506 e. The van der Waals surface area contributed by atoms with E-state index in [1.165, 1.54) is 11.1 Å². The van der Waals surface area contributed by atoms with Crippen LogP contribution in [-0.4, -0.2) is 82.3 Å². The van der Waals surface area contributed by atoms with Crippen LogP contribution < -0.4 is 0 Å². The second kappa shape index (κ2) is 17.1. The Morgan fingerprint density at radius 2 is 0.500 bits per heavy atom. The van der Waals surface area contributed by atoms with Crippen molar-refractivity contribution in [1.29, 1.82) is 0 Å². The molecule has 0 fully saturated rings. The molecule has 7 rings (SSSR count). The molecule has 0 saturated heterocycles. The lowest BCUT2D eigenvalue weighted by atomic mass is 10.1. The summed E-state index contributed by atoms with van der Waals surface area (Å²) in [5.41, 5.74) is 2.35. The number of aromatic nitrogens is 2. The molecule has 1 aliphatic rings. The molecule has 1 aliphatic heterocycles. The maximum absolute atomic E-state index is 12.2. The lowest BCUT2D eigenvalue weighted by Crippen LogP contribution is -2.01. The van der Waals surface area contributed by atoms with Crippen molar-refractivity contribution in [2.24, 2.45) is 0 Å². The topological polar surface area (TPSA) is 324 Å². The minimum atomic E-state index is -5.05. The third kappa shape index (κ3) is 10.3. The normalized spacial score (nSPS) is 13.2. The molecule has 314 valence electrons. The maximum atomic E-state index is 12.2. The van der Waals surface area contributed by atoms with Gasteiger partial charge in [0.25, 0.3) is 40.5 Å². The lowest BCUT2D eigenvalue weighted by Gasteiger charge is -2.18. The van der Waals surface area contributed by atoms with Crippen molar-refractivity contribution < 1.29 is 72.3 Å².